The van der Waals surface area contributed by atoms with Gasteiger partial charge in [-0.3, -0.25) is 9.69 Å². The minimum absolute atomic E-state index is 0.0699. The Labute approximate surface area is 224 Å². The monoisotopic (exact) mass is 535 g/mol. The number of amides is 1. The summed E-state index contributed by atoms with van der Waals surface area (Å²) in [5.74, 6) is -0.398. The maximum atomic E-state index is 15.6. The Morgan fingerprint density at radius 1 is 1.26 bits per heavy atom. The first-order valence-corrected chi connectivity index (χ1v) is 12.6. The number of aromatic nitrogens is 2. The summed E-state index contributed by atoms with van der Waals surface area (Å²) in [6.45, 7) is 14.7. The number of thiocarbonyl (C=S) groups is 1. The molecule has 0 saturated carbocycles. The number of halogens is 1. The third-order valence-corrected chi connectivity index (χ3v) is 7.18. The van der Waals surface area contributed by atoms with Crippen LogP contribution in [0.2, 0.25) is 0 Å². The van der Waals surface area contributed by atoms with Crippen molar-refractivity contribution in [1.29, 1.82) is 0 Å². The van der Waals surface area contributed by atoms with Crippen LogP contribution in [0.1, 0.15) is 32.2 Å². The van der Waals surface area contributed by atoms with Crippen LogP contribution < -0.4 is 14.5 Å². The molecule has 0 aliphatic carbocycles. The minimum atomic E-state index is -1.15. The molecule has 3 aromatic rings. The molecule has 2 saturated heterocycles. The van der Waals surface area contributed by atoms with Crippen LogP contribution in [0.4, 0.5) is 21.5 Å². The van der Waals surface area contributed by atoms with Crippen LogP contribution in [0.25, 0.3) is 15.7 Å². The highest BCUT2D eigenvalue weighted by atomic mass is 32.1. The second-order valence-electron chi connectivity index (χ2n) is 9.78. The lowest BCUT2D eigenvalue weighted by molar-refractivity contribution is -0.120. The van der Waals surface area contributed by atoms with Gasteiger partial charge in [-0.25, -0.2) is 14.2 Å². The molecule has 1 unspecified atom stereocenters. The van der Waals surface area contributed by atoms with Crippen molar-refractivity contribution in [3.63, 3.8) is 0 Å². The average Bonchev–Trinajstić information content (AvgIpc) is 3.35. The second kappa shape index (κ2) is 9.54. The molecule has 0 spiro atoms. The predicted molar refractivity (Wildman–Crippen MR) is 144 cm³/mol. The largest absolute Gasteiger partial charge is 0.468 e. The molecule has 0 radical (unpaired) electrons. The number of hydrogen-bond donors (Lipinski definition) is 1. The lowest BCUT2D eigenvalue weighted by Crippen LogP contribution is -2.44. The van der Waals surface area contributed by atoms with Gasteiger partial charge in [0.25, 0.3) is 5.91 Å². The third kappa shape index (κ3) is 4.15. The fourth-order valence-corrected chi connectivity index (χ4v) is 5.23. The van der Waals surface area contributed by atoms with Gasteiger partial charge in [-0.15, -0.1) is 0 Å². The topological polar surface area (TPSA) is 92.4 Å². The maximum Gasteiger partial charge on any atom is 0.259 e. The average molecular weight is 536 g/mol. The first-order valence-electron chi connectivity index (χ1n) is 12.2. The number of carbonyl (C=O) groups excluding carboxylic acids is 1. The molecule has 11 heteroatoms. The molecule has 2 aliphatic rings. The number of hydrogen-bond acceptors (Lipinski definition) is 7. The van der Waals surface area contributed by atoms with Crippen molar-refractivity contribution in [3.8, 4) is 5.88 Å². The van der Waals surface area contributed by atoms with E-state index < -0.39 is 23.6 Å². The summed E-state index contributed by atoms with van der Waals surface area (Å²) in [5.41, 5.74) is 0.971. The SMILES string of the molecule is [C-]#[N+]c1ccc(N2C(=O)C(C)(C)N(c3cc(F)c4nc(CC)nc(OC5COC[C@H]5O)c4c3)C2=S)cc1C. The molecule has 2 fully saturated rings. The summed E-state index contributed by atoms with van der Waals surface area (Å²) in [6.07, 6.45) is -1.05. The Hall–Kier alpha value is -3.72. The van der Waals surface area contributed by atoms with Gasteiger partial charge in [0.1, 0.15) is 23.0 Å². The molecule has 2 aliphatic heterocycles. The van der Waals surface area contributed by atoms with Gasteiger partial charge in [-0.2, -0.15) is 4.98 Å². The molecule has 1 aromatic heterocycles. The number of rotatable bonds is 5. The molecule has 5 rings (SSSR count). The van der Waals surface area contributed by atoms with E-state index in [9.17, 15) is 9.90 Å². The number of anilines is 2. The van der Waals surface area contributed by atoms with E-state index in [1.54, 1.807) is 49.9 Å². The standard InChI is InChI=1S/C27H26FN5O4S/c1-6-22-30-23-17(24(31-22)37-21-13-36-12-20(21)34)10-16(11-18(23)28)33-26(38)32(25(35)27(33,3)4)15-7-8-19(29-5)14(2)9-15/h7-11,20-21,34H,6,12-13H2,1-4H3/t20-,21?/m1/s1. The third-order valence-electron chi connectivity index (χ3n) is 6.81. The Kier molecular flexibility index (Phi) is 6.51. The van der Waals surface area contributed by atoms with Crippen molar-refractivity contribution >= 4 is 51.2 Å². The number of aliphatic hydroxyl groups is 1. The smallest absolute Gasteiger partial charge is 0.259 e. The number of aliphatic hydroxyl groups excluding tert-OH is 1. The highest BCUT2D eigenvalue weighted by Crippen LogP contribution is 2.40. The molecule has 9 nitrogen and oxygen atoms in total. The quantitative estimate of drug-likeness (QED) is 0.383. The van der Waals surface area contributed by atoms with E-state index in [0.29, 0.717) is 34.9 Å². The summed E-state index contributed by atoms with van der Waals surface area (Å²) in [5, 5.41) is 10.7. The Balaban J connectivity index is 1.62. The van der Waals surface area contributed by atoms with Crippen LogP contribution >= 0.6 is 12.2 Å². The first kappa shape index (κ1) is 25.9. The van der Waals surface area contributed by atoms with Gasteiger partial charge in [0, 0.05) is 17.8 Å². The van der Waals surface area contributed by atoms with Gasteiger partial charge in [-0.05, 0) is 62.8 Å². The van der Waals surface area contributed by atoms with Crippen LogP contribution in [-0.4, -0.2) is 57.1 Å². The van der Waals surface area contributed by atoms with E-state index in [1.807, 2.05) is 6.92 Å². The fraction of sp³-hybridized carbons (Fsp3) is 0.370. The van der Waals surface area contributed by atoms with Gasteiger partial charge in [0.2, 0.25) is 5.88 Å². The van der Waals surface area contributed by atoms with Crippen molar-refractivity contribution in [3.05, 3.63) is 59.0 Å². The Bertz CT molecular complexity index is 1520. The van der Waals surface area contributed by atoms with Gasteiger partial charge < -0.3 is 19.5 Å². The summed E-state index contributed by atoms with van der Waals surface area (Å²) in [6, 6.07) is 8.00. The fourth-order valence-electron chi connectivity index (χ4n) is 4.71. The van der Waals surface area contributed by atoms with Crippen LogP contribution in [0.15, 0.2) is 30.3 Å². The van der Waals surface area contributed by atoms with Crippen LogP contribution in [0, 0.1) is 19.3 Å². The highest BCUT2D eigenvalue weighted by molar-refractivity contribution is 7.81. The predicted octanol–water partition coefficient (Wildman–Crippen LogP) is 4.25. The molecule has 0 bridgehead atoms. The zero-order valence-corrected chi connectivity index (χ0v) is 22.2. The highest BCUT2D eigenvalue weighted by Gasteiger charge is 2.50. The summed E-state index contributed by atoms with van der Waals surface area (Å²) >= 11 is 5.76. The zero-order chi connectivity index (χ0) is 27.4. The van der Waals surface area contributed by atoms with Gasteiger partial charge in [0.15, 0.2) is 22.7 Å². The van der Waals surface area contributed by atoms with E-state index in [2.05, 4.69) is 14.8 Å². The van der Waals surface area contributed by atoms with Crippen molar-refractivity contribution in [2.24, 2.45) is 0 Å². The van der Waals surface area contributed by atoms with Gasteiger partial charge >= 0.3 is 0 Å². The first-order chi connectivity index (χ1) is 18.1. The lowest BCUT2D eigenvalue weighted by Gasteiger charge is -2.30. The number of nitrogens with zero attached hydrogens (tertiary/aromatic N) is 5. The molecule has 3 heterocycles. The number of carbonyl (C=O) groups is 1. The second-order valence-corrected chi connectivity index (χ2v) is 10.1. The summed E-state index contributed by atoms with van der Waals surface area (Å²) in [7, 11) is 0. The van der Waals surface area contributed by atoms with E-state index in [4.69, 9.17) is 28.3 Å². The van der Waals surface area contributed by atoms with Crippen LogP contribution in [0.5, 0.6) is 5.88 Å². The molecule has 1 amide bonds. The molecule has 38 heavy (non-hydrogen) atoms. The van der Waals surface area contributed by atoms with Crippen LogP contribution in [0.3, 0.4) is 0 Å². The van der Waals surface area contributed by atoms with Gasteiger partial charge in [0.05, 0.1) is 25.2 Å². The molecule has 2 atom stereocenters. The number of fused-ring (bicyclic) bond motifs is 1. The molecule has 1 N–H and O–H groups in total. The van der Waals surface area contributed by atoms with Crippen LogP contribution in [-0.2, 0) is 16.0 Å². The van der Waals surface area contributed by atoms with E-state index >= 15 is 4.39 Å². The molecular formula is C27H26FN5O4S. The summed E-state index contributed by atoms with van der Waals surface area (Å²) < 4.78 is 26.9. The normalized spacial score (nSPS) is 20.9. The van der Waals surface area contributed by atoms with Crippen molar-refractivity contribution < 1.29 is 23.8 Å². The molecule has 196 valence electrons. The lowest BCUT2D eigenvalue weighted by atomic mass is 10.0. The van der Waals surface area contributed by atoms with Gasteiger partial charge in [-0.1, -0.05) is 13.0 Å². The van der Waals surface area contributed by atoms with E-state index in [-0.39, 0.29) is 41.0 Å². The molecular weight excluding hydrogens is 509 g/mol. The molecule has 2 aromatic carbocycles. The van der Waals surface area contributed by atoms with Crippen molar-refractivity contribution in [2.45, 2.75) is 51.9 Å². The number of ether oxygens (including phenoxy) is 2. The Morgan fingerprint density at radius 3 is 2.66 bits per heavy atom. The van der Waals surface area contributed by atoms with E-state index in [0.717, 1.165) is 0 Å². The van der Waals surface area contributed by atoms with Crippen molar-refractivity contribution in [1.82, 2.24) is 9.97 Å². The minimum Gasteiger partial charge on any atom is -0.468 e. The summed E-state index contributed by atoms with van der Waals surface area (Å²) in [4.78, 5) is 28.9. The van der Waals surface area contributed by atoms with E-state index in [1.165, 1.54) is 11.0 Å². The number of aryl methyl sites for hydroxylation is 2. The van der Waals surface area contributed by atoms with Crippen molar-refractivity contribution in [2.75, 3.05) is 23.0 Å². The number of benzene rings is 2. The maximum absolute atomic E-state index is 15.6. The zero-order valence-electron chi connectivity index (χ0n) is 21.4. The Morgan fingerprint density at radius 2 is 2.03 bits per heavy atom.